The summed E-state index contributed by atoms with van der Waals surface area (Å²) in [7, 11) is 2.14. The van der Waals surface area contributed by atoms with Crippen molar-refractivity contribution in [1.82, 2.24) is 15.5 Å². The van der Waals surface area contributed by atoms with E-state index in [4.69, 9.17) is 0 Å². The van der Waals surface area contributed by atoms with Crippen LogP contribution in [-0.2, 0) is 4.79 Å². The number of hydrogen-bond donors (Lipinski definition) is 2. The highest BCUT2D eigenvalue weighted by Gasteiger charge is 2.29. The van der Waals surface area contributed by atoms with E-state index in [-0.39, 0.29) is 11.8 Å². The molecule has 2 atom stereocenters. The van der Waals surface area contributed by atoms with Crippen molar-refractivity contribution in [3.63, 3.8) is 0 Å². The van der Waals surface area contributed by atoms with Crippen LogP contribution < -0.4 is 10.6 Å². The Bertz CT molecular complexity index is 253. The number of nitrogens with one attached hydrogen (secondary N) is 2. The van der Waals surface area contributed by atoms with Crippen molar-refractivity contribution in [2.45, 2.75) is 25.8 Å². The first-order valence-corrected chi connectivity index (χ1v) is 6.37. The summed E-state index contributed by atoms with van der Waals surface area (Å²) in [4.78, 5) is 14.2. The molecule has 1 aliphatic heterocycles. The van der Waals surface area contributed by atoms with Gasteiger partial charge in [0.15, 0.2) is 0 Å². The molecule has 2 N–H and O–H groups in total. The summed E-state index contributed by atoms with van der Waals surface area (Å²) in [5, 5.41) is 6.31. The molecule has 4 heteroatoms. The summed E-state index contributed by atoms with van der Waals surface area (Å²) < 4.78 is 0. The monoisotopic (exact) mass is 225 g/mol. The van der Waals surface area contributed by atoms with Crippen LogP contribution in [0.3, 0.4) is 0 Å². The fourth-order valence-electron chi connectivity index (χ4n) is 2.35. The molecule has 1 amide bonds. The third-order valence-corrected chi connectivity index (χ3v) is 3.79. The van der Waals surface area contributed by atoms with Crippen molar-refractivity contribution in [2.75, 3.05) is 33.2 Å². The fourth-order valence-corrected chi connectivity index (χ4v) is 2.35. The lowest BCUT2D eigenvalue weighted by Gasteiger charge is -2.18. The van der Waals surface area contributed by atoms with Crippen LogP contribution >= 0.6 is 0 Å². The number of hydrogen-bond acceptors (Lipinski definition) is 3. The molecule has 16 heavy (non-hydrogen) atoms. The van der Waals surface area contributed by atoms with Crippen molar-refractivity contribution in [3.05, 3.63) is 0 Å². The Labute approximate surface area is 97.8 Å². The molecule has 1 saturated heterocycles. The minimum Gasteiger partial charge on any atom is -0.355 e. The van der Waals surface area contributed by atoms with Gasteiger partial charge < -0.3 is 15.5 Å². The molecule has 0 spiro atoms. The number of likely N-dealkylation sites (N-methyl/N-ethyl adjacent to an activating group) is 1. The second-order valence-electron chi connectivity index (χ2n) is 5.24. The zero-order chi connectivity index (χ0) is 11.5. The van der Waals surface area contributed by atoms with Gasteiger partial charge in [0.1, 0.15) is 0 Å². The number of rotatable bonds is 5. The van der Waals surface area contributed by atoms with Gasteiger partial charge in [0.2, 0.25) is 5.91 Å². The highest BCUT2D eigenvalue weighted by atomic mass is 16.1. The predicted octanol–water partition coefficient (Wildman–Crippen LogP) is 0.0523. The van der Waals surface area contributed by atoms with E-state index >= 15 is 0 Å². The van der Waals surface area contributed by atoms with E-state index in [1.54, 1.807) is 0 Å². The largest absolute Gasteiger partial charge is 0.355 e. The van der Waals surface area contributed by atoms with Gasteiger partial charge in [0.25, 0.3) is 0 Å². The zero-order valence-corrected chi connectivity index (χ0v) is 10.3. The third-order valence-electron chi connectivity index (χ3n) is 3.79. The Morgan fingerprint density at radius 2 is 2.19 bits per heavy atom. The first kappa shape index (κ1) is 11.9. The van der Waals surface area contributed by atoms with Gasteiger partial charge in [-0.25, -0.2) is 0 Å². The smallest absolute Gasteiger partial charge is 0.224 e. The molecule has 2 rings (SSSR count). The van der Waals surface area contributed by atoms with E-state index in [1.165, 1.54) is 12.8 Å². The van der Waals surface area contributed by atoms with Crippen LogP contribution in [0.4, 0.5) is 0 Å². The highest BCUT2D eigenvalue weighted by Crippen LogP contribution is 2.24. The predicted molar refractivity (Wildman–Crippen MR) is 64.2 cm³/mol. The van der Waals surface area contributed by atoms with Crippen molar-refractivity contribution in [1.29, 1.82) is 0 Å². The molecule has 92 valence electrons. The van der Waals surface area contributed by atoms with Crippen molar-refractivity contribution in [3.8, 4) is 0 Å². The van der Waals surface area contributed by atoms with E-state index < -0.39 is 0 Å². The minimum atomic E-state index is 0.172. The number of carbonyl (C=O) groups excluding carboxylic acids is 1. The summed E-state index contributed by atoms with van der Waals surface area (Å²) in [6, 6.07) is 0.781. The van der Waals surface area contributed by atoms with Gasteiger partial charge in [-0.2, -0.15) is 0 Å². The first-order chi connectivity index (χ1) is 7.68. The van der Waals surface area contributed by atoms with E-state index in [9.17, 15) is 4.79 Å². The molecule has 0 aromatic carbocycles. The average molecular weight is 225 g/mol. The molecule has 1 saturated carbocycles. The van der Waals surface area contributed by atoms with Crippen LogP contribution in [0.15, 0.2) is 0 Å². The minimum absolute atomic E-state index is 0.172. The number of amides is 1. The molecule has 1 heterocycles. The molecule has 2 fully saturated rings. The van der Waals surface area contributed by atoms with Crippen LogP contribution in [0.1, 0.15) is 19.8 Å². The maximum Gasteiger partial charge on any atom is 0.224 e. The van der Waals surface area contributed by atoms with Gasteiger partial charge in [-0.1, -0.05) is 6.92 Å². The first-order valence-electron chi connectivity index (χ1n) is 6.37. The second-order valence-corrected chi connectivity index (χ2v) is 5.24. The normalized spacial score (nSPS) is 29.7. The Hall–Kier alpha value is -0.610. The molecular weight excluding hydrogens is 202 g/mol. The Morgan fingerprint density at radius 3 is 2.75 bits per heavy atom. The molecule has 2 unspecified atom stereocenters. The van der Waals surface area contributed by atoms with Gasteiger partial charge >= 0.3 is 0 Å². The van der Waals surface area contributed by atoms with E-state index in [0.29, 0.717) is 5.92 Å². The maximum atomic E-state index is 11.9. The lowest BCUT2D eigenvalue weighted by Crippen LogP contribution is -2.39. The lowest BCUT2D eigenvalue weighted by atomic mass is 9.97. The fraction of sp³-hybridized carbons (Fsp3) is 0.917. The van der Waals surface area contributed by atoms with Crippen LogP contribution in [0, 0.1) is 11.8 Å². The number of nitrogens with zero attached hydrogens (tertiary/aromatic N) is 1. The van der Waals surface area contributed by atoms with Crippen LogP contribution in [0.5, 0.6) is 0 Å². The summed E-state index contributed by atoms with van der Waals surface area (Å²) in [6.45, 7) is 5.71. The van der Waals surface area contributed by atoms with Gasteiger partial charge in [-0.05, 0) is 32.4 Å². The summed E-state index contributed by atoms with van der Waals surface area (Å²) in [6.07, 6.45) is 2.65. The van der Waals surface area contributed by atoms with E-state index in [0.717, 1.165) is 32.2 Å². The SMILES string of the molecule is CC1CNCC1C(=O)NCCN(C)C1CC1. The molecule has 0 aromatic heterocycles. The quantitative estimate of drug-likeness (QED) is 0.695. The van der Waals surface area contributed by atoms with E-state index in [2.05, 4.69) is 29.5 Å². The van der Waals surface area contributed by atoms with Crippen LogP contribution in [-0.4, -0.2) is 50.1 Å². The summed E-state index contributed by atoms with van der Waals surface area (Å²) in [5.74, 6) is 0.870. The van der Waals surface area contributed by atoms with Crippen molar-refractivity contribution in [2.24, 2.45) is 11.8 Å². The van der Waals surface area contributed by atoms with Crippen molar-refractivity contribution < 1.29 is 4.79 Å². The molecular formula is C12H23N3O. The van der Waals surface area contributed by atoms with Gasteiger partial charge in [0, 0.05) is 25.7 Å². The number of carbonyl (C=O) groups is 1. The maximum absolute atomic E-state index is 11.9. The van der Waals surface area contributed by atoms with Gasteiger partial charge in [-0.15, -0.1) is 0 Å². The summed E-state index contributed by atoms with van der Waals surface area (Å²) in [5.41, 5.74) is 0. The third kappa shape index (κ3) is 2.95. The lowest BCUT2D eigenvalue weighted by molar-refractivity contribution is -0.125. The highest BCUT2D eigenvalue weighted by molar-refractivity contribution is 5.79. The zero-order valence-electron chi connectivity index (χ0n) is 10.3. The molecule has 2 aliphatic rings. The van der Waals surface area contributed by atoms with E-state index in [1.807, 2.05) is 0 Å². The standard InChI is InChI=1S/C12H23N3O/c1-9-7-13-8-11(9)12(16)14-5-6-15(2)10-3-4-10/h9-11,13H,3-8H2,1-2H3,(H,14,16). The Balaban J connectivity index is 1.63. The summed E-state index contributed by atoms with van der Waals surface area (Å²) >= 11 is 0. The van der Waals surface area contributed by atoms with Crippen molar-refractivity contribution >= 4 is 5.91 Å². The average Bonchev–Trinajstić information content (AvgIpc) is 3.01. The van der Waals surface area contributed by atoms with Crippen LogP contribution in [0.2, 0.25) is 0 Å². The molecule has 0 radical (unpaired) electrons. The molecule has 0 bridgehead atoms. The molecule has 4 nitrogen and oxygen atoms in total. The van der Waals surface area contributed by atoms with Crippen LogP contribution in [0.25, 0.3) is 0 Å². The van der Waals surface area contributed by atoms with Gasteiger partial charge in [-0.3, -0.25) is 4.79 Å². The Morgan fingerprint density at radius 1 is 1.44 bits per heavy atom. The topological polar surface area (TPSA) is 44.4 Å². The second kappa shape index (κ2) is 5.15. The molecule has 0 aromatic rings. The Kier molecular flexibility index (Phi) is 3.82. The van der Waals surface area contributed by atoms with Gasteiger partial charge in [0.05, 0.1) is 5.92 Å². The molecule has 1 aliphatic carbocycles.